The van der Waals surface area contributed by atoms with Gasteiger partial charge in [0.2, 0.25) is 10.0 Å². The number of benzene rings is 1. The highest BCUT2D eigenvalue weighted by molar-refractivity contribution is 7.89. The van der Waals surface area contributed by atoms with Gasteiger partial charge in [-0.3, -0.25) is 4.98 Å². The summed E-state index contributed by atoms with van der Waals surface area (Å²) in [6.07, 6.45) is 3.36. The zero-order chi connectivity index (χ0) is 15.3. The molecule has 1 atom stereocenters. The topological polar surface area (TPSA) is 82.3 Å². The summed E-state index contributed by atoms with van der Waals surface area (Å²) < 4.78 is 28.3. The number of sulfonamides is 1. The molecule has 1 aromatic carbocycles. The summed E-state index contributed by atoms with van der Waals surface area (Å²) in [6.45, 7) is 2.33. The van der Waals surface area contributed by atoms with Crippen molar-refractivity contribution in [2.45, 2.75) is 19.8 Å². The molecule has 5 nitrogen and oxygen atoms in total. The molecular formula is C15H20N2O3S. The molecule has 0 bridgehead atoms. The number of ether oxygens (including phenoxy) is 1. The number of primary sulfonamides is 1. The minimum Gasteiger partial charge on any atom is -0.491 e. The van der Waals surface area contributed by atoms with Gasteiger partial charge in [0.15, 0.2) is 0 Å². The molecule has 1 unspecified atom stereocenters. The summed E-state index contributed by atoms with van der Waals surface area (Å²) in [4.78, 5) is 4.31. The van der Waals surface area contributed by atoms with E-state index in [1.807, 2.05) is 37.3 Å². The number of nitrogens with two attached hydrogens (primary N) is 1. The number of hydrogen-bond donors (Lipinski definition) is 1. The molecule has 2 aromatic rings. The zero-order valence-corrected chi connectivity index (χ0v) is 12.8. The van der Waals surface area contributed by atoms with Gasteiger partial charge in [-0.25, -0.2) is 13.6 Å². The number of pyridine rings is 1. The highest BCUT2D eigenvalue weighted by atomic mass is 32.2. The Morgan fingerprint density at radius 3 is 2.76 bits per heavy atom. The Labute approximate surface area is 125 Å². The van der Waals surface area contributed by atoms with Crippen molar-refractivity contribution in [1.82, 2.24) is 4.98 Å². The Morgan fingerprint density at radius 1 is 1.29 bits per heavy atom. The van der Waals surface area contributed by atoms with Gasteiger partial charge < -0.3 is 4.74 Å². The van der Waals surface area contributed by atoms with Gasteiger partial charge >= 0.3 is 0 Å². The average molecular weight is 308 g/mol. The molecule has 0 amide bonds. The molecule has 0 aliphatic rings. The van der Waals surface area contributed by atoms with Crippen molar-refractivity contribution < 1.29 is 13.2 Å². The minimum atomic E-state index is -3.49. The lowest BCUT2D eigenvalue weighted by molar-refractivity contribution is 0.255. The van der Waals surface area contributed by atoms with E-state index in [-0.39, 0.29) is 11.7 Å². The molecule has 0 fully saturated rings. The molecule has 6 heteroatoms. The van der Waals surface area contributed by atoms with Gasteiger partial charge in [0, 0.05) is 17.5 Å². The molecule has 1 aromatic heterocycles. The van der Waals surface area contributed by atoms with Crippen molar-refractivity contribution in [2.75, 3.05) is 12.4 Å². The first-order valence-corrected chi connectivity index (χ1v) is 8.68. The molecule has 0 radical (unpaired) electrons. The van der Waals surface area contributed by atoms with E-state index >= 15 is 0 Å². The summed E-state index contributed by atoms with van der Waals surface area (Å²) in [6, 6.07) is 9.53. The molecule has 0 aliphatic carbocycles. The molecule has 0 spiro atoms. The van der Waals surface area contributed by atoms with Crippen LogP contribution in [0.5, 0.6) is 5.75 Å². The molecule has 0 saturated carbocycles. The molecule has 2 N–H and O–H groups in total. The number of rotatable bonds is 7. The monoisotopic (exact) mass is 308 g/mol. The molecular weight excluding hydrogens is 288 g/mol. The molecule has 2 rings (SSSR count). The van der Waals surface area contributed by atoms with Gasteiger partial charge in [0.1, 0.15) is 11.3 Å². The van der Waals surface area contributed by atoms with Crippen molar-refractivity contribution in [3.05, 3.63) is 36.5 Å². The first-order chi connectivity index (χ1) is 9.99. The van der Waals surface area contributed by atoms with Crippen molar-refractivity contribution in [2.24, 2.45) is 11.1 Å². The van der Waals surface area contributed by atoms with E-state index in [2.05, 4.69) is 4.98 Å². The number of nitrogens with zero attached hydrogens (tertiary/aromatic N) is 1. The summed E-state index contributed by atoms with van der Waals surface area (Å²) in [5, 5.41) is 6.12. The standard InChI is InChI=1S/C15H20N2O3S/c1-2-5-12(11-21(16,18)19)10-20-14-8-3-6-13-7-4-9-17-15(13)14/h3-4,6-9,12H,2,5,10-11H2,1H3,(H2,16,18,19). The van der Waals surface area contributed by atoms with Gasteiger partial charge in [-0.15, -0.1) is 0 Å². The van der Waals surface area contributed by atoms with Crippen molar-refractivity contribution in [1.29, 1.82) is 0 Å². The van der Waals surface area contributed by atoms with Crippen LogP contribution in [0.4, 0.5) is 0 Å². The number of aromatic nitrogens is 1. The van der Waals surface area contributed by atoms with Gasteiger partial charge in [0.25, 0.3) is 0 Å². The molecule has 21 heavy (non-hydrogen) atoms. The van der Waals surface area contributed by atoms with Crippen molar-refractivity contribution in [3.63, 3.8) is 0 Å². The van der Waals surface area contributed by atoms with E-state index in [4.69, 9.17) is 9.88 Å². The smallest absolute Gasteiger partial charge is 0.209 e. The highest BCUT2D eigenvalue weighted by Gasteiger charge is 2.16. The van der Waals surface area contributed by atoms with Crippen LogP contribution in [0.25, 0.3) is 10.9 Å². The molecule has 0 aliphatic heterocycles. The predicted molar refractivity (Wildman–Crippen MR) is 83.6 cm³/mol. The second kappa shape index (κ2) is 6.87. The van der Waals surface area contributed by atoms with E-state index < -0.39 is 10.0 Å². The minimum absolute atomic E-state index is 0.0565. The third kappa shape index (κ3) is 4.68. The molecule has 114 valence electrons. The predicted octanol–water partition coefficient (Wildman–Crippen LogP) is 2.32. The number of fused-ring (bicyclic) bond motifs is 1. The van der Waals surface area contributed by atoms with Crippen LogP contribution in [0.3, 0.4) is 0 Å². The SMILES string of the molecule is CCCC(COc1cccc2cccnc12)CS(N)(=O)=O. The first kappa shape index (κ1) is 15.7. The zero-order valence-electron chi connectivity index (χ0n) is 12.0. The lowest BCUT2D eigenvalue weighted by Gasteiger charge is -2.16. The highest BCUT2D eigenvalue weighted by Crippen LogP contribution is 2.24. The van der Waals surface area contributed by atoms with E-state index in [1.165, 1.54) is 0 Å². The largest absolute Gasteiger partial charge is 0.491 e. The summed E-state index contributed by atoms with van der Waals surface area (Å²) in [5.41, 5.74) is 0.783. The third-order valence-corrected chi connectivity index (χ3v) is 4.17. The molecule has 0 saturated heterocycles. The Balaban J connectivity index is 2.12. The molecule has 1 heterocycles. The fraction of sp³-hybridized carbons (Fsp3) is 0.400. The average Bonchev–Trinajstić information content (AvgIpc) is 2.43. The Kier molecular flexibility index (Phi) is 5.14. The number of para-hydroxylation sites is 1. The normalized spacial score (nSPS) is 13.2. The third-order valence-electron chi connectivity index (χ3n) is 3.24. The maximum Gasteiger partial charge on any atom is 0.209 e. The van der Waals surface area contributed by atoms with E-state index in [1.54, 1.807) is 6.20 Å². The number of hydrogen-bond acceptors (Lipinski definition) is 4. The van der Waals surface area contributed by atoms with Crippen LogP contribution in [0.15, 0.2) is 36.5 Å². The van der Waals surface area contributed by atoms with Crippen LogP contribution in [-0.2, 0) is 10.0 Å². The van der Waals surface area contributed by atoms with Crippen LogP contribution >= 0.6 is 0 Å². The summed E-state index contributed by atoms with van der Waals surface area (Å²) in [7, 11) is -3.49. The van der Waals surface area contributed by atoms with Crippen LogP contribution in [0.1, 0.15) is 19.8 Å². The quantitative estimate of drug-likeness (QED) is 0.851. The van der Waals surface area contributed by atoms with E-state index in [0.717, 1.165) is 23.7 Å². The van der Waals surface area contributed by atoms with Crippen molar-refractivity contribution >= 4 is 20.9 Å². The van der Waals surface area contributed by atoms with Crippen LogP contribution in [0, 0.1) is 5.92 Å². The van der Waals surface area contributed by atoms with E-state index in [0.29, 0.717) is 12.4 Å². The first-order valence-electron chi connectivity index (χ1n) is 6.96. The van der Waals surface area contributed by atoms with Crippen LogP contribution in [-0.4, -0.2) is 25.8 Å². The maximum absolute atomic E-state index is 11.3. The van der Waals surface area contributed by atoms with Gasteiger partial charge in [-0.05, 0) is 18.6 Å². The summed E-state index contributed by atoms with van der Waals surface area (Å²) in [5.74, 6) is 0.506. The Morgan fingerprint density at radius 2 is 2.05 bits per heavy atom. The fourth-order valence-electron chi connectivity index (χ4n) is 2.35. The Hall–Kier alpha value is -1.66. The second-order valence-electron chi connectivity index (χ2n) is 5.13. The fourth-order valence-corrected chi connectivity index (χ4v) is 3.27. The van der Waals surface area contributed by atoms with Crippen LogP contribution < -0.4 is 9.88 Å². The van der Waals surface area contributed by atoms with Gasteiger partial charge in [-0.2, -0.15) is 0 Å². The van der Waals surface area contributed by atoms with Gasteiger partial charge in [-0.1, -0.05) is 31.5 Å². The lowest BCUT2D eigenvalue weighted by Crippen LogP contribution is -2.27. The van der Waals surface area contributed by atoms with Gasteiger partial charge in [0.05, 0.1) is 12.4 Å². The summed E-state index contributed by atoms with van der Waals surface area (Å²) >= 11 is 0. The van der Waals surface area contributed by atoms with Crippen molar-refractivity contribution in [3.8, 4) is 5.75 Å². The second-order valence-corrected chi connectivity index (χ2v) is 6.79. The Bertz CT molecular complexity index is 696. The van der Waals surface area contributed by atoms with E-state index in [9.17, 15) is 8.42 Å². The maximum atomic E-state index is 11.3. The van der Waals surface area contributed by atoms with Crippen LogP contribution in [0.2, 0.25) is 0 Å². The lowest BCUT2D eigenvalue weighted by atomic mass is 10.1.